The summed E-state index contributed by atoms with van der Waals surface area (Å²) in [5.41, 5.74) is 0. The van der Waals surface area contributed by atoms with Crippen LogP contribution in [-0.2, 0) is 4.79 Å². The van der Waals surface area contributed by atoms with Crippen molar-refractivity contribution in [3.05, 3.63) is 0 Å². The smallest absolute Gasteiger partial charge is 0.133 e. The summed E-state index contributed by atoms with van der Waals surface area (Å²) < 4.78 is 0. The molecule has 1 saturated carbocycles. The molecule has 2 aliphatic rings. The second kappa shape index (κ2) is 5.64. The highest BCUT2D eigenvalue weighted by atomic mass is 16.1. The molecule has 1 saturated heterocycles. The summed E-state index contributed by atoms with van der Waals surface area (Å²) in [6, 6.07) is 0. The Morgan fingerprint density at radius 2 is 1.67 bits per heavy atom. The lowest BCUT2D eigenvalue weighted by Gasteiger charge is -2.22. The van der Waals surface area contributed by atoms with Crippen LogP contribution < -0.4 is 5.32 Å². The zero-order chi connectivity index (χ0) is 10.5. The van der Waals surface area contributed by atoms with Crippen LogP contribution in [0.1, 0.15) is 51.4 Å². The van der Waals surface area contributed by atoms with Crippen LogP contribution in [0.3, 0.4) is 0 Å². The molecule has 0 bridgehead atoms. The first kappa shape index (κ1) is 11.1. The van der Waals surface area contributed by atoms with Crippen LogP contribution in [0.4, 0.5) is 0 Å². The molecule has 1 heterocycles. The van der Waals surface area contributed by atoms with Crippen molar-refractivity contribution in [1.29, 1.82) is 0 Å². The highest BCUT2D eigenvalue weighted by Crippen LogP contribution is 2.28. The third-order valence-corrected chi connectivity index (χ3v) is 3.91. The molecule has 86 valence electrons. The van der Waals surface area contributed by atoms with Crippen LogP contribution in [-0.4, -0.2) is 18.9 Å². The second-order valence-corrected chi connectivity index (χ2v) is 5.31. The molecule has 2 fully saturated rings. The molecule has 1 atom stereocenters. The van der Waals surface area contributed by atoms with E-state index in [0.29, 0.717) is 11.7 Å². The summed E-state index contributed by atoms with van der Waals surface area (Å²) in [7, 11) is 0. The zero-order valence-electron chi connectivity index (χ0n) is 9.63. The molecule has 1 N–H and O–H groups in total. The van der Waals surface area contributed by atoms with Gasteiger partial charge in [0.1, 0.15) is 5.78 Å². The summed E-state index contributed by atoms with van der Waals surface area (Å²) in [5.74, 6) is 1.89. The van der Waals surface area contributed by atoms with Crippen LogP contribution >= 0.6 is 0 Å². The predicted molar refractivity (Wildman–Crippen MR) is 61.8 cm³/mol. The predicted octanol–water partition coefficient (Wildman–Crippen LogP) is 2.53. The van der Waals surface area contributed by atoms with Crippen molar-refractivity contribution in [3.8, 4) is 0 Å². The molecule has 2 rings (SSSR count). The molecule has 1 unspecified atom stereocenters. The number of hydrogen-bond acceptors (Lipinski definition) is 2. The molecule has 0 spiro atoms. The van der Waals surface area contributed by atoms with Gasteiger partial charge in [-0.3, -0.25) is 4.79 Å². The Morgan fingerprint density at radius 3 is 2.33 bits per heavy atom. The first-order valence-corrected chi connectivity index (χ1v) is 6.57. The second-order valence-electron chi connectivity index (χ2n) is 5.31. The Labute approximate surface area is 92.8 Å². The Balaban J connectivity index is 1.66. The largest absolute Gasteiger partial charge is 0.316 e. The molecule has 2 heteroatoms. The molecule has 0 aromatic rings. The normalized spacial score (nSPS) is 28.1. The first-order chi connectivity index (χ1) is 7.34. The van der Waals surface area contributed by atoms with E-state index < -0.39 is 0 Å². The van der Waals surface area contributed by atoms with Crippen molar-refractivity contribution in [3.63, 3.8) is 0 Å². The summed E-state index contributed by atoms with van der Waals surface area (Å²) in [4.78, 5) is 11.8. The first-order valence-electron chi connectivity index (χ1n) is 6.57. The van der Waals surface area contributed by atoms with Crippen LogP contribution in [0.2, 0.25) is 0 Å². The molecule has 1 aliphatic heterocycles. The van der Waals surface area contributed by atoms with Crippen LogP contribution in [0.5, 0.6) is 0 Å². The van der Waals surface area contributed by atoms with Gasteiger partial charge in [0, 0.05) is 12.8 Å². The minimum Gasteiger partial charge on any atom is -0.316 e. The van der Waals surface area contributed by atoms with Crippen LogP contribution in [0.25, 0.3) is 0 Å². The van der Waals surface area contributed by atoms with Crippen LogP contribution in [0, 0.1) is 11.8 Å². The number of ketones is 1. The van der Waals surface area contributed by atoms with Gasteiger partial charge in [0.15, 0.2) is 0 Å². The molecule has 0 amide bonds. The molecule has 0 radical (unpaired) electrons. The van der Waals surface area contributed by atoms with E-state index in [1.54, 1.807) is 0 Å². The van der Waals surface area contributed by atoms with Crippen molar-refractivity contribution >= 4 is 5.78 Å². The van der Waals surface area contributed by atoms with E-state index in [-0.39, 0.29) is 0 Å². The average Bonchev–Trinajstić information content (AvgIpc) is 2.71. The molecule has 2 nitrogen and oxygen atoms in total. The number of hydrogen-bond donors (Lipinski definition) is 1. The van der Waals surface area contributed by atoms with Crippen molar-refractivity contribution in [1.82, 2.24) is 5.32 Å². The quantitative estimate of drug-likeness (QED) is 0.771. The van der Waals surface area contributed by atoms with Crippen molar-refractivity contribution in [2.75, 3.05) is 13.1 Å². The summed E-state index contributed by atoms with van der Waals surface area (Å²) in [6.45, 7) is 2.21. The van der Waals surface area contributed by atoms with E-state index in [1.165, 1.54) is 38.5 Å². The maximum Gasteiger partial charge on any atom is 0.133 e. The van der Waals surface area contributed by atoms with Gasteiger partial charge in [0.05, 0.1) is 0 Å². The third-order valence-electron chi connectivity index (χ3n) is 3.91. The zero-order valence-corrected chi connectivity index (χ0v) is 9.63. The van der Waals surface area contributed by atoms with Gasteiger partial charge < -0.3 is 5.32 Å². The van der Waals surface area contributed by atoms with Crippen LogP contribution in [0.15, 0.2) is 0 Å². The Morgan fingerprint density at radius 1 is 1.00 bits per heavy atom. The molecular weight excluding hydrogens is 186 g/mol. The van der Waals surface area contributed by atoms with Gasteiger partial charge in [-0.05, 0) is 37.8 Å². The number of rotatable bonds is 4. The van der Waals surface area contributed by atoms with Crippen molar-refractivity contribution in [2.45, 2.75) is 51.4 Å². The topological polar surface area (TPSA) is 29.1 Å². The number of Topliss-reactive ketones (excluding diaryl/α,β-unsaturated/α-hetero) is 1. The van der Waals surface area contributed by atoms with E-state index in [2.05, 4.69) is 5.32 Å². The van der Waals surface area contributed by atoms with Crippen molar-refractivity contribution in [2.24, 2.45) is 11.8 Å². The van der Waals surface area contributed by atoms with E-state index in [1.807, 2.05) is 0 Å². The molecule has 0 aromatic heterocycles. The highest BCUT2D eigenvalue weighted by Gasteiger charge is 2.21. The van der Waals surface area contributed by atoms with Gasteiger partial charge >= 0.3 is 0 Å². The molecular formula is C13H23NO. The summed E-state index contributed by atoms with van der Waals surface area (Å²) >= 11 is 0. The van der Waals surface area contributed by atoms with Gasteiger partial charge in [-0.15, -0.1) is 0 Å². The molecule has 1 aliphatic carbocycles. The number of carbonyl (C=O) groups is 1. The lowest BCUT2D eigenvalue weighted by Crippen LogP contribution is -2.31. The van der Waals surface area contributed by atoms with Crippen molar-refractivity contribution < 1.29 is 4.79 Å². The fourth-order valence-corrected chi connectivity index (χ4v) is 3.04. The van der Waals surface area contributed by atoms with E-state index in [9.17, 15) is 4.79 Å². The average molecular weight is 209 g/mol. The minimum atomic E-state index is 0.524. The number of nitrogens with one attached hydrogen (secondary N) is 1. The Kier molecular flexibility index (Phi) is 4.18. The fraction of sp³-hybridized carbons (Fsp3) is 0.923. The summed E-state index contributed by atoms with van der Waals surface area (Å²) in [5, 5.41) is 3.38. The molecule has 15 heavy (non-hydrogen) atoms. The van der Waals surface area contributed by atoms with E-state index in [4.69, 9.17) is 0 Å². The lowest BCUT2D eigenvalue weighted by atomic mass is 9.90. The maximum atomic E-state index is 11.8. The van der Waals surface area contributed by atoms with E-state index in [0.717, 1.165) is 31.8 Å². The molecule has 0 aromatic carbocycles. The standard InChI is InChI=1S/C13H23NO/c15-13(8-11-4-1-2-5-11)9-12-6-3-7-14-10-12/h11-12,14H,1-10H2. The number of piperidine rings is 1. The monoisotopic (exact) mass is 209 g/mol. The lowest BCUT2D eigenvalue weighted by molar-refractivity contribution is -0.121. The van der Waals surface area contributed by atoms with Gasteiger partial charge in [-0.1, -0.05) is 25.7 Å². The van der Waals surface area contributed by atoms with Gasteiger partial charge in [0.2, 0.25) is 0 Å². The van der Waals surface area contributed by atoms with Gasteiger partial charge in [-0.25, -0.2) is 0 Å². The Bertz CT molecular complexity index is 203. The minimum absolute atomic E-state index is 0.524. The fourth-order valence-electron chi connectivity index (χ4n) is 3.04. The Hall–Kier alpha value is -0.370. The summed E-state index contributed by atoms with van der Waals surface area (Å²) in [6.07, 6.45) is 9.51. The third kappa shape index (κ3) is 3.60. The maximum absolute atomic E-state index is 11.8. The van der Waals surface area contributed by atoms with Gasteiger partial charge in [0.25, 0.3) is 0 Å². The number of carbonyl (C=O) groups excluding carboxylic acids is 1. The van der Waals surface area contributed by atoms with E-state index >= 15 is 0 Å². The highest BCUT2D eigenvalue weighted by molar-refractivity contribution is 5.78. The SMILES string of the molecule is O=C(CC1CCCC1)CC1CCCNC1. The van der Waals surface area contributed by atoms with Gasteiger partial charge in [-0.2, -0.15) is 0 Å².